The quantitative estimate of drug-likeness (QED) is 0.751. The summed E-state index contributed by atoms with van der Waals surface area (Å²) in [5, 5.41) is 3.86. The molecule has 0 saturated heterocycles. The van der Waals surface area contributed by atoms with Crippen LogP contribution < -0.4 is 5.32 Å². The van der Waals surface area contributed by atoms with Gasteiger partial charge in [-0.25, -0.2) is 4.39 Å². The fourth-order valence-corrected chi connectivity index (χ4v) is 4.00. The number of para-hydroxylation sites is 1. The van der Waals surface area contributed by atoms with Crippen LogP contribution in [0.5, 0.6) is 0 Å². The maximum Gasteiger partial charge on any atom is 0.287 e. The Balaban J connectivity index is 1.61. The van der Waals surface area contributed by atoms with Gasteiger partial charge in [0.2, 0.25) is 0 Å². The summed E-state index contributed by atoms with van der Waals surface area (Å²) in [6.45, 7) is 0. The van der Waals surface area contributed by atoms with Crippen molar-refractivity contribution in [1.29, 1.82) is 0 Å². The van der Waals surface area contributed by atoms with E-state index >= 15 is 0 Å². The fourth-order valence-electron chi connectivity index (χ4n) is 2.86. The Labute approximate surface area is 136 Å². The average molecular weight is 327 g/mol. The molecule has 0 aliphatic carbocycles. The number of rotatable bonds is 2. The van der Waals surface area contributed by atoms with E-state index in [0.29, 0.717) is 10.5 Å². The van der Waals surface area contributed by atoms with Crippen LogP contribution in [0.25, 0.3) is 11.0 Å². The van der Waals surface area contributed by atoms with Crippen LogP contribution in [0.15, 0.2) is 57.8 Å². The van der Waals surface area contributed by atoms with Crippen LogP contribution >= 0.6 is 11.8 Å². The molecule has 0 unspecified atom stereocenters. The molecule has 3 nitrogen and oxygen atoms in total. The molecule has 0 bridgehead atoms. The van der Waals surface area contributed by atoms with Gasteiger partial charge in [0.05, 0.1) is 6.04 Å². The normalized spacial score (nSPS) is 17.0. The third-order valence-corrected chi connectivity index (χ3v) is 5.14. The van der Waals surface area contributed by atoms with Crippen LogP contribution in [0.3, 0.4) is 0 Å². The first-order valence-electron chi connectivity index (χ1n) is 7.43. The van der Waals surface area contributed by atoms with Crippen LogP contribution in [0.4, 0.5) is 4.39 Å². The standard InChI is InChI=1S/C18H14FNO2S/c19-13-6-3-5-12-14(8-9-23-17(12)13)20-18(21)16-10-11-4-1-2-7-15(11)22-16/h1-7,10,14H,8-9H2,(H,20,21)/t14-/m0/s1. The lowest BCUT2D eigenvalue weighted by atomic mass is 10.0. The van der Waals surface area contributed by atoms with Gasteiger partial charge in [0.25, 0.3) is 5.91 Å². The van der Waals surface area contributed by atoms with Crippen molar-refractivity contribution in [2.75, 3.05) is 5.75 Å². The van der Waals surface area contributed by atoms with E-state index < -0.39 is 0 Å². The van der Waals surface area contributed by atoms with E-state index in [2.05, 4.69) is 5.32 Å². The molecule has 3 aromatic rings. The summed E-state index contributed by atoms with van der Waals surface area (Å²) >= 11 is 1.50. The number of nitrogens with one attached hydrogen (secondary N) is 1. The topological polar surface area (TPSA) is 42.2 Å². The van der Waals surface area contributed by atoms with E-state index in [0.717, 1.165) is 23.1 Å². The number of halogens is 1. The predicted octanol–water partition coefficient (Wildman–Crippen LogP) is 4.54. The molecule has 1 aliphatic rings. The summed E-state index contributed by atoms with van der Waals surface area (Å²) < 4.78 is 19.5. The van der Waals surface area contributed by atoms with Crippen molar-refractivity contribution >= 4 is 28.6 Å². The Morgan fingerprint density at radius 2 is 2.09 bits per heavy atom. The minimum absolute atomic E-state index is 0.192. The van der Waals surface area contributed by atoms with Crippen LogP contribution in [0.1, 0.15) is 28.6 Å². The molecule has 2 heterocycles. The third kappa shape index (κ3) is 2.61. The molecule has 1 aliphatic heterocycles. The highest BCUT2D eigenvalue weighted by Crippen LogP contribution is 2.37. The van der Waals surface area contributed by atoms with Gasteiger partial charge in [-0.3, -0.25) is 4.79 Å². The van der Waals surface area contributed by atoms with Gasteiger partial charge < -0.3 is 9.73 Å². The van der Waals surface area contributed by atoms with Gasteiger partial charge in [0.15, 0.2) is 5.76 Å². The molecule has 1 aromatic heterocycles. The highest BCUT2D eigenvalue weighted by atomic mass is 32.2. The summed E-state index contributed by atoms with van der Waals surface area (Å²) in [6.07, 6.45) is 0.771. The molecule has 2 aromatic carbocycles. The third-order valence-electron chi connectivity index (χ3n) is 3.98. The zero-order valence-electron chi connectivity index (χ0n) is 12.2. The second-order valence-electron chi connectivity index (χ2n) is 5.47. The lowest BCUT2D eigenvalue weighted by molar-refractivity contribution is 0.0909. The summed E-state index contributed by atoms with van der Waals surface area (Å²) in [5.74, 6) is 0.560. The lowest BCUT2D eigenvalue weighted by Gasteiger charge is -2.25. The largest absolute Gasteiger partial charge is 0.451 e. The summed E-state index contributed by atoms with van der Waals surface area (Å²) in [5.41, 5.74) is 1.52. The number of fused-ring (bicyclic) bond motifs is 2. The first kappa shape index (κ1) is 14.3. The maximum atomic E-state index is 13.9. The molecular formula is C18H14FNO2S. The number of carbonyl (C=O) groups is 1. The maximum absolute atomic E-state index is 13.9. The molecule has 0 radical (unpaired) electrons. The van der Waals surface area contributed by atoms with Gasteiger partial charge >= 0.3 is 0 Å². The van der Waals surface area contributed by atoms with Crippen molar-refractivity contribution in [3.05, 3.63) is 65.7 Å². The minimum atomic E-state index is -0.270. The fraction of sp³-hybridized carbons (Fsp3) is 0.167. The van der Waals surface area contributed by atoms with E-state index in [-0.39, 0.29) is 23.5 Å². The van der Waals surface area contributed by atoms with Crippen molar-refractivity contribution < 1.29 is 13.6 Å². The van der Waals surface area contributed by atoms with E-state index in [1.807, 2.05) is 30.3 Å². The zero-order chi connectivity index (χ0) is 15.8. The smallest absolute Gasteiger partial charge is 0.287 e. The van der Waals surface area contributed by atoms with Crippen molar-refractivity contribution in [3.8, 4) is 0 Å². The number of amides is 1. The van der Waals surface area contributed by atoms with Crippen LogP contribution in [0, 0.1) is 5.82 Å². The van der Waals surface area contributed by atoms with Gasteiger partial charge in [0.1, 0.15) is 11.4 Å². The minimum Gasteiger partial charge on any atom is -0.451 e. The molecule has 1 amide bonds. The first-order valence-corrected chi connectivity index (χ1v) is 8.41. The van der Waals surface area contributed by atoms with E-state index in [1.54, 1.807) is 12.1 Å². The van der Waals surface area contributed by atoms with Gasteiger partial charge in [-0.2, -0.15) is 0 Å². The highest BCUT2D eigenvalue weighted by molar-refractivity contribution is 7.99. The second-order valence-corrected chi connectivity index (χ2v) is 6.58. The van der Waals surface area contributed by atoms with Crippen LogP contribution in [0.2, 0.25) is 0 Å². The molecule has 23 heavy (non-hydrogen) atoms. The number of hydrogen-bond acceptors (Lipinski definition) is 3. The number of hydrogen-bond donors (Lipinski definition) is 1. The monoisotopic (exact) mass is 327 g/mol. The number of benzene rings is 2. The highest BCUT2D eigenvalue weighted by Gasteiger charge is 2.25. The van der Waals surface area contributed by atoms with E-state index in [4.69, 9.17) is 4.42 Å². The molecule has 5 heteroatoms. The summed E-state index contributed by atoms with van der Waals surface area (Å²) in [6, 6.07) is 14.0. The SMILES string of the molecule is O=C(N[C@H]1CCSc2c(F)cccc21)c1cc2ccccc2o1. The molecule has 4 rings (SSSR count). The molecule has 0 spiro atoms. The van der Waals surface area contributed by atoms with Crippen molar-refractivity contribution in [1.82, 2.24) is 5.32 Å². The van der Waals surface area contributed by atoms with Crippen molar-refractivity contribution in [3.63, 3.8) is 0 Å². The molecule has 116 valence electrons. The van der Waals surface area contributed by atoms with E-state index in [1.165, 1.54) is 17.8 Å². The molecular weight excluding hydrogens is 313 g/mol. The Morgan fingerprint density at radius 1 is 1.22 bits per heavy atom. The van der Waals surface area contributed by atoms with Gasteiger partial charge in [-0.1, -0.05) is 30.3 Å². The van der Waals surface area contributed by atoms with Crippen molar-refractivity contribution in [2.45, 2.75) is 17.4 Å². The Hall–Kier alpha value is -2.27. The number of furan rings is 1. The Morgan fingerprint density at radius 3 is 2.96 bits per heavy atom. The summed E-state index contributed by atoms with van der Waals surface area (Å²) in [4.78, 5) is 13.1. The molecule has 1 N–H and O–H groups in total. The first-order chi connectivity index (χ1) is 11.2. The van der Waals surface area contributed by atoms with Crippen molar-refractivity contribution in [2.24, 2.45) is 0 Å². The average Bonchev–Trinajstić information content (AvgIpc) is 3.00. The molecule has 0 fully saturated rings. The van der Waals surface area contributed by atoms with Gasteiger partial charge in [-0.15, -0.1) is 11.8 Å². The zero-order valence-corrected chi connectivity index (χ0v) is 13.0. The summed E-state index contributed by atoms with van der Waals surface area (Å²) in [7, 11) is 0. The van der Waals surface area contributed by atoms with Gasteiger partial charge in [0, 0.05) is 16.0 Å². The Kier molecular flexibility index (Phi) is 3.58. The number of carbonyl (C=O) groups excluding carboxylic acids is 1. The lowest BCUT2D eigenvalue weighted by Crippen LogP contribution is -2.30. The second kappa shape index (κ2) is 5.74. The Bertz CT molecular complexity index is 857. The number of thioether (sulfide) groups is 1. The van der Waals surface area contributed by atoms with Gasteiger partial charge in [-0.05, 0) is 30.2 Å². The molecule has 0 saturated carbocycles. The van der Waals surface area contributed by atoms with Crippen LogP contribution in [-0.4, -0.2) is 11.7 Å². The van der Waals surface area contributed by atoms with Crippen LogP contribution in [-0.2, 0) is 0 Å². The molecule has 1 atom stereocenters. The predicted molar refractivity (Wildman–Crippen MR) is 88.2 cm³/mol. The van der Waals surface area contributed by atoms with E-state index in [9.17, 15) is 9.18 Å².